The molecule has 206 valence electrons. The normalized spacial score (nSPS) is 11.4. The van der Waals surface area contributed by atoms with Crippen LogP contribution >= 0.6 is 0 Å². The highest BCUT2D eigenvalue weighted by Gasteiger charge is 2.57. The van der Waals surface area contributed by atoms with E-state index in [9.17, 15) is 14.4 Å². The van der Waals surface area contributed by atoms with E-state index in [1.807, 2.05) is 72.8 Å². The molecule has 0 amide bonds. The number of benzene rings is 6. The van der Waals surface area contributed by atoms with Gasteiger partial charge in [-0.3, -0.25) is 0 Å². The van der Waals surface area contributed by atoms with Gasteiger partial charge in [0.15, 0.2) is 0 Å². The van der Waals surface area contributed by atoms with E-state index in [0.717, 1.165) is 16.2 Å². The Morgan fingerprint density at radius 2 is 0.738 bits per heavy atom. The minimum atomic E-state index is -2.43. The van der Waals surface area contributed by atoms with Crippen LogP contribution in [-0.4, -0.2) is 17.9 Å². The lowest BCUT2D eigenvalue weighted by molar-refractivity contribution is -0.171. The minimum Gasteiger partial charge on any atom is -0.425 e. The number of hydrogen-bond acceptors (Lipinski definition) is 6. The average Bonchev–Trinajstić information content (AvgIpc) is 3.02. The Balaban J connectivity index is 1.43. The summed E-state index contributed by atoms with van der Waals surface area (Å²) in [5, 5.41) is 4.47. The molecule has 0 aliphatic rings. The second-order valence-corrected chi connectivity index (χ2v) is 9.86. The topological polar surface area (TPSA) is 78.9 Å². The highest BCUT2D eigenvalue weighted by atomic mass is 16.6. The van der Waals surface area contributed by atoms with Crippen molar-refractivity contribution < 1.29 is 28.6 Å². The van der Waals surface area contributed by atoms with Gasteiger partial charge in [0.05, 0.1) is 0 Å². The van der Waals surface area contributed by atoms with E-state index in [4.69, 9.17) is 14.2 Å². The Morgan fingerprint density at radius 1 is 0.452 bits per heavy atom. The molecule has 0 atom stereocenters. The lowest BCUT2D eigenvalue weighted by Gasteiger charge is -2.26. The maximum atomic E-state index is 14.1. The SMILES string of the molecule is CCC(C(=O)Oc1cccc2ccccc12)(C(=O)Oc1cccc2ccccc12)C(=O)Oc1cccc2ccccc12. The van der Waals surface area contributed by atoms with E-state index in [1.165, 1.54) is 0 Å². The smallest absolute Gasteiger partial charge is 0.340 e. The average molecular weight is 555 g/mol. The van der Waals surface area contributed by atoms with Crippen molar-refractivity contribution in [3.05, 3.63) is 127 Å². The van der Waals surface area contributed by atoms with Crippen LogP contribution in [0.25, 0.3) is 32.3 Å². The van der Waals surface area contributed by atoms with Crippen LogP contribution in [0.5, 0.6) is 17.2 Å². The van der Waals surface area contributed by atoms with Gasteiger partial charge in [0.1, 0.15) is 17.2 Å². The third kappa shape index (κ3) is 4.73. The summed E-state index contributed by atoms with van der Waals surface area (Å²) in [4.78, 5) is 42.2. The highest BCUT2D eigenvalue weighted by Crippen LogP contribution is 2.36. The molecule has 0 unspecified atom stereocenters. The zero-order valence-electron chi connectivity index (χ0n) is 22.8. The molecule has 6 nitrogen and oxygen atoms in total. The van der Waals surface area contributed by atoms with Crippen LogP contribution in [0.2, 0.25) is 0 Å². The van der Waals surface area contributed by atoms with Gasteiger partial charge in [-0.25, -0.2) is 14.4 Å². The fourth-order valence-electron chi connectivity index (χ4n) is 5.10. The van der Waals surface area contributed by atoms with Gasteiger partial charge in [-0.15, -0.1) is 0 Å². The van der Waals surface area contributed by atoms with Gasteiger partial charge in [0.2, 0.25) is 0 Å². The molecule has 6 aromatic carbocycles. The van der Waals surface area contributed by atoms with Gasteiger partial charge >= 0.3 is 17.9 Å². The standard InChI is InChI=1S/C36H26O6/c1-2-36(33(37)40-30-21-9-15-24-12-3-6-18-27(24)30,34(38)41-31-22-10-16-25-13-4-7-19-28(25)31)35(39)42-32-23-11-17-26-14-5-8-20-29(26)32/h3-23H,2H2,1H3. The zero-order valence-corrected chi connectivity index (χ0v) is 22.8. The van der Waals surface area contributed by atoms with Crippen LogP contribution in [0.3, 0.4) is 0 Å². The van der Waals surface area contributed by atoms with E-state index >= 15 is 0 Å². The van der Waals surface area contributed by atoms with Crippen molar-refractivity contribution in [3.8, 4) is 17.2 Å². The largest absolute Gasteiger partial charge is 0.425 e. The van der Waals surface area contributed by atoms with Crippen LogP contribution in [0.1, 0.15) is 13.3 Å². The van der Waals surface area contributed by atoms with Crippen LogP contribution < -0.4 is 14.2 Å². The Kier molecular flexibility index (Phi) is 7.11. The van der Waals surface area contributed by atoms with Crippen LogP contribution in [0.15, 0.2) is 127 Å². The zero-order chi connectivity index (χ0) is 29.1. The number of hydrogen-bond donors (Lipinski definition) is 0. The first-order valence-corrected chi connectivity index (χ1v) is 13.6. The molecular formula is C36H26O6. The maximum absolute atomic E-state index is 14.1. The van der Waals surface area contributed by atoms with Gasteiger partial charge in [0.25, 0.3) is 5.41 Å². The second kappa shape index (κ2) is 11.2. The molecule has 0 N–H and O–H groups in total. The Labute approximate surface area is 242 Å². The molecule has 0 aliphatic carbocycles. The molecule has 0 aliphatic heterocycles. The fourth-order valence-corrected chi connectivity index (χ4v) is 5.10. The van der Waals surface area contributed by atoms with Gasteiger partial charge in [-0.1, -0.05) is 116 Å². The summed E-state index contributed by atoms with van der Waals surface area (Å²) in [7, 11) is 0. The van der Waals surface area contributed by atoms with E-state index in [1.54, 1.807) is 61.5 Å². The summed E-state index contributed by atoms with van der Waals surface area (Å²) in [6, 6.07) is 37.8. The Hall–Kier alpha value is -5.49. The molecule has 0 radical (unpaired) electrons. The summed E-state index contributed by atoms with van der Waals surface area (Å²) in [5.74, 6) is -2.61. The van der Waals surface area contributed by atoms with Crippen LogP contribution in [0, 0.1) is 5.41 Å². The van der Waals surface area contributed by atoms with E-state index in [0.29, 0.717) is 16.2 Å². The minimum absolute atomic E-state index is 0.215. The predicted molar refractivity (Wildman–Crippen MR) is 161 cm³/mol. The molecular weight excluding hydrogens is 528 g/mol. The van der Waals surface area contributed by atoms with Crippen molar-refractivity contribution in [1.29, 1.82) is 0 Å². The summed E-state index contributed by atoms with van der Waals surface area (Å²) in [6.07, 6.45) is -0.260. The van der Waals surface area contributed by atoms with Crippen molar-refractivity contribution in [2.75, 3.05) is 0 Å². The molecule has 0 aromatic heterocycles. The van der Waals surface area contributed by atoms with E-state index < -0.39 is 23.3 Å². The van der Waals surface area contributed by atoms with Gasteiger partial charge in [-0.2, -0.15) is 0 Å². The third-order valence-corrected chi connectivity index (χ3v) is 7.43. The number of ether oxygens (including phenoxy) is 3. The molecule has 0 heterocycles. The number of rotatable bonds is 7. The quantitative estimate of drug-likeness (QED) is 0.115. The predicted octanol–water partition coefficient (Wildman–Crippen LogP) is 7.66. The Bertz CT molecular complexity index is 1740. The van der Waals surface area contributed by atoms with Gasteiger partial charge in [-0.05, 0) is 40.8 Å². The van der Waals surface area contributed by atoms with Gasteiger partial charge < -0.3 is 14.2 Å². The fraction of sp³-hybridized carbons (Fsp3) is 0.0833. The molecule has 6 heteroatoms. The van der Waals surface area contributed by atoms with Crippen LogP contribution in [0.4, 0.5) is 0 Å². The summed E-state index contributed by atoms with van der Waals surface area (Å²) in [6.45, 7) is 1.55. The number of fused-ring (bicyclic) bond motifs is 3. The monoisotopic (exact) mass is 554 g/mol. The third-order valence-electron chi connectivity index (χ3n) is 7.43. The first-order valence-electron chi connectivity index (χ1n) is 13.6. The lowest BCUT2D eigenvalue weighted by Crippen LogP contribution is -2.52. The first kappa shape index (κ1) is 26.7. The highest BCUT2D eigenvalue weighted by molar-refractivity contribution is 6.20. The molecule has 0 saturated carbocycles. The van der Waals surface area contributed by atoms with Crippen molar-refractivity contribution in [3.63, 3.8) is 0 Å². The van der Waals surface area contributed by atoms with Crippen molar-refractivity contribution in [2.45, 2.75) is 13.3 Å². The summed E-state index contributed by atoms with van der Waals surface area (Å²) < 4.78 is 17.5. The molecule has 0 saturated heterocycles. The van der Waals surface area contributed by atoms with Gasteiger partial charge in [0, 0.05) is 16.2 Å². The van der Waals surface area contributed by atoms with Crippen molar-refractivity contribution >= 4 is 50.2 Å². The molecule has 0 fully saturated rings. The Morgan fingerprint density at radius 3 is 1.05 bits per heavy atom. The number of esters is 3. The second-order valence-electron chi connectivity index (χ2n) is 9.86. The number of carbonyl (C=O) groups excluding carboxylic acids is 3. The summed E-state index contributed by atoms with van der Waals surface area (Å²) in [5.41, 5.74) is -2.43. The number of carbonyl (C=O) groups is 3. The van der Waals surface area contributed by atoms with Crippen LogP contribution in [-0.2, 0) is 14.4 Å². The first-order chi connectivity index (χ1) is 20.5. The van der Waals surface area contributed by atoms with Crippen molar-refractivity contribution in [2.24, 2.45) is 5.41 Å². The van der Waals surface area contributed by atoms with Crippen molar-refractivity contribution in [1.82, 2.24) is 0 Å². The van der Waals surface area contributed by atoms with E-state index in [-0.39, 0.29) is 23.7 Å². The molecule has 42 heavy (non-hydrogen) atoms. The summed E-state index contributed by atoms with van der Waals surface area (Å²) >= 11 is 0. The maximum Gasteiger partial charge on any atom is 0.340 e. The molecule has 0 spiro atoms. The molecule has 6 rings (SSSR count). The van der Waals surface area contributed by atoms with E-state index in [2.05, 4.69) is 0 Å². The molecule has 6 aromatic rings. The molecule has 0 bridgehead atoms. The lowest BCUT2D eigenvalue weighted by atomic mass is 9.85.